The molecular formula is C29H37BBrNO6. The first-order valence-corrected chi connectivity index (χ1v) is 14.8. The largest absolute Gasteiger partial charge is 0.507 e. The van der Waals surface area contributed by atoms with Gasteiger partial charge in [-0.05, 0) is 80.1 Å². The summed E-state index contributed by atoms with van der Waals surface area (Å²) in [6.45, 7) is 1.88. The van der Waals surface area contributed by atoms with Gasteiger partial charge in [0.2, 0.25) is 11.8 Å². The molecule has 5 rings (SSSR count). The van der Waals surface area contributed by atoms with Crippen molar-refractivity contribution in [1.82, 2.24) is 4.90 Å². The van der Waals surface area contributed by atoms with Crippen LogP contribution in [0.1, 0.15) is 70.3 Å². The van der Waals surface area contributed by atoms with Gasteiger partial charge in [0.1, 0.15) is 5.75 Å². The van der Waals surface area contributed by atoms with Crippen molar-refractivity contribution in [3.05, 3.63) is 45.0 Å². The van der Waals surface area contributed by atoms with Crippen molar-refractivity contribution in [3.8, 4) is 5.75 Å². The molecule has 1 aromatic rings. The minimum atomic E-state index is -1.03. The molecule has 38 heavy (non-hydrogen) atoms. The zero-order valence-electron chi connectivity index (χ0n) is 21.9. The second-order valence-electron chi connectivity index (χ2n) is 11.2. The van der Waals surface area contributed by atoms with Crippen LogP contribution in [0.2, 0.25) is 6.32 Å². The molecule has 204 valence electrons. The molecule has 1 aromatic carbocycles. The lowest BCUT2D eigenvalue weighted by Crippen LogP contribution is -2.47. The maximum Gasteiger partial charge on any atom is 0.455 e. The number of phenolic OH excluding ortho intramolecular Hbond substituents is 1. The van der Waals surface area contributed by atoms with Crippen molar-refractivity contribution in [3.63, 3.8) is 0 Å². The van der Waals surface area contributed by atoms with Crippen LogP contribution in [-0.2, 0) is 14.2 Å². The number of imide groups is 1. The minimum absolute atomic E-state index is 0.0253. The Kier molecular flexibility index (Phi) is 8.48. The summed E-state index contributed by atoms with van der Waals surface area (Å²) in [5.74, 6) is -1.25. The van der Waals surface area contributed by atoms with Gasteiger partial charge in [-0.15, -0.1) is 0 Å². The summed E-state index contributed by atoms with van der Waals surface area (Å²) in [6, 6.07) is 5.29. The fourth-order valence-corrected chi connectivity index (χ4v) is 7.54. The van der Waals surface area contributed by atoms with Crippen molar-refractivity contribution in [2.75, 3.05) is 6.61 Å². The van der Waals surface area contributed by atoms with Crippen LogP contribution < -0.4 is 0 Å². The lowest BCUT2D eigenvalue weighted by Gasteiger charge is -2.43. The summed E-state index contributed by atoms with van der Waals surface area (Å²) in [4.78, 5) is 28.8. The molecule has 4 aliphatic rings. The Morgan fingerprint density at radius 1 is 1.18 bits per heavy atom. The Labute approximate surface area is 233 Å². The Hall–Kier alpha value is -1.94. The Morgan fingerprint density at radius 3 is 2.66 bits per heavy atom. The van der Waals surface area contributed by atoms with Crippen LogP contribution in [0.3, 0.4) is 0 Å². The van der Waals surface area contributed by atoms with Gasteiger partial charge in [0, 0.05) is 16.1 Å². The van der Waals surface area contributed by atoms with Gasteiger partial charge in [-0.25, -0.2) is 0 Å². The number of fused-ring (bicyclic) bond motifs is 3. The lowest BCUT2D eigenvalue weighted by molar-refractivity contribution is -0.143. The highest BCUT2D eigenvalue weighted by Crippen LogP contribution is 2.51. The van der Waals surface area contributed by atoms with Crippen LogP contribution in [0, 0.1) is 17.8 Å². The van der Waals surface area contributed by atoms with E-state index in [9.17, 15) is 24.8 Å². The summed E-state index contributed by atoms with van der Waals surface area (Å²) >= 11 is 3.46. The molecule has 2 saturated heterocycles. The molecule has 9 heteroatoms. The summed E-state index contributed by atoms with van der Waals surface area (Å²) in [5.41, 5.74) is 3.54. The average molecular weight is 586 g/mol. The van der Waals surface area contributed by atoms with E-state index in [-0.39, 0.29) is 42.5 Å². The highest BCUT2D eigenvalue weighted by molar-refractivity contribution is 9.10. The molecule has 0 unspecified atom stereocenters. The van der Waals surface area contributed by atoms with E-state index in [2.05, 4.69) is 22.9 Å². The number of aromatic hydroxyl groups is 1. The van der Waals surface area contributed by atoms with Gasteiger partial charge in [-0.2, -0.15) is 0 Å². The maximum atomic E-state index is 13.7. The summed E-state index contributed by atoms with van der Waals surface area (Å²) in [5, 5.41) is 31.3. The van der Waals surface area contributed by atoms with E-state index in [1.807, 2.05) is 12.1 Å². The van der Waals surface area contributed by atoms with Crippen molar-refractivity contribution in [1.29, 1.82) is 0 Å². The molecule has 1 saturated carbocycles. The number of carbonyl (C=O) groups excluding carboxylic acids is 2. The number of likely N-dealkylation sites (tertiary alicyclic amines) is 1. The van der Waals surface area contributed by atoms with E-state index >= 15 is 0 Å². The molecule has 3 fully saturated rings. The number of rotatable bonds is 7. The molecule has 4 atom stereocenters. The third-order valence-corrected chi connectivity index (χ3v) is 9.50. The molecule has 0 aromatic heterocycles. The van der Waals surface area contributed by atoms with Crippen LogP contribution >= 0.6 is 15.9 Å². The van der Waals surface area contributed by atoms with E-state index in [1.165, 1.54) is 0 Å². The van der Waals surface area contributed by atoms with Gasteiger partial charge < -0.3 is 19.9 Å². The number of allylic oxidation sites excluding steroid dienone is 1. The monoisotopic (exact) mass is 585 g/mol. The standard InChI is InChI=1S/C29H37BBrNO6/c1-2-17(12-18-13-20(31)9-10-24(18)34)8-11-25-26-19(16-33)14-22-27(23(26)15-30(37)38-25)29(36)32(28(22)35)21-6-4-3-5-7-21/h9-10,12-13,21-23,25,27,33-34,37H,2-8,11,14-16H2,1H3/b17-12+/t22-,23+,25-,27-/m1/s1. The van der Waals surface area contributed by atoms with Crippen LogP contribution in [-0.4, -0.2) is 57.8 Å². The third kappa shape index (κ3) is 5.27. The first-order valence-electron chi connectivity index (χ1n) is 14.0. The molecule has 7 nitrogen and oxygen atoms in total. The second-order valence-corrected chi connectivity index (χ2v) is 12.1. The Bertz CT molecular complexity index is 1150. The van der Waals surface area contributed by atoms with Crippen LogP contribution in [0.15, 0.2) is 39.4 Å². The number of carbonyl (C=O) groups is 2. The van der Waals surface area contributed by atoms with Gasteiger partial charge >= 0.3 is 7.12 Å². The lowest BCUT2D eigenvalue weighted by atomic mass is 9.58. The predicted molar refractivity (Wildman–Crippen MR) is 149 cm³/mol. The highest BCUT2D eigenvalue weighted by Gasteiger charge is 2.58. The second kappa shape index (κ2) is 11.7. The van der Waals surface area contributed by atoms with E-state index in [4.69, 9.17) is 4.65 Å². The van der Waals surface area contributed by atoms with E-state index in [0.29, 0.717) is 19.3 Å². The van der Waals surface area contributed by atoms with Gasteiger partial charge in [0.05, 0.1) is 24.5 Å². The molecule has 0 spiro atoms. The fourth-order valence-electron chi connectivity index (χ4n) is 7.16. The van der Waals surface area contributed by atoms with Crippen LogP contribution in [0.25, 0.3) is 6.08 Å². The molecule has 2 aliphatic heterocycles. The van der Waals surface area contributed by atoms with Gasteiger partial charge in [0.25, 0.3) is 0 Å². The molecule has 0 bridgehead atoms. The number of aliphatic hydroxyl groups excluding tert-OH is 1. The highest BCUT2D eigenvalue weighted by atomic mass is 79.9. The number of aliphatic hydroxyl groups is 1. The topological polar surface area (TPSA) is 107 Å². The number of hydrogen-bond donors (Lipinski definition) is 3. The summed E-state index contributed by atoms with van der Waals surface area (Å²) in [6.07, 6.45) is 9.14. The molecular weight excluding hydrogens is 549 g/mol. The number of nitrogens with zero attached hydrogens (tertiary/aromatic N) is 1. The zero-order valence-corrected chi connectivity index (χ0v) is 23.5. The van der Waals surface area contributed by atoms with Crippen molar-refractivity contribution < 1.29 is 29.5 Å². The first kappa shape index (κ1) is 27.6. The smallest absolute Gasteiger partial charge is 0.455 e. The number of halogens is 1. The summed E-state index contributed by atoms with van der Waals surface area (Å²) < 4.78 is 6.90. The van der Waals surface area contributed by atoms with Gasteiger partial charge in [-0.3, -0.25) is 14.5 Å². The van der Waals surface area contributed by atoms with Crippen LogP contribution in [0.5, 0.6) is 5.75 Å². The van der Waals surface area contributed by atoms with Gasteiger partial charge in [0.15, 0.2) is 0 Å². The molecule has 2 aliphatic carbocycles. The normalized spacial score (nSPS) is 28.7. The number of phenols is 1. The molecule has 2 amide bonds. The molecule has 2 heterocycles. The minimum Gasteiger partial charge on any atom is -0.507 e. The molecule has 3 N–H and O–H groups in total. The van der Waals surface area contributed by atoms with E-state index < -0.39 is 25.1 Å². The molecule has 0 radical (unpaired) electrons. The average Bonchev–Trinajstić information content (AvgIpc) is 3.17. The summed E-state index contributed by atoms with van der Waals surface area (Å²) in [7, 11) is -1.03. The van der Waals surface area contributed by atoms with E-state index in [1.54, 1.807) is 17.0 Å². The van der Waals surface area contributed by atoms with Crippen molar-refractivity contribution in [2.24, 2.45) is 17.8 Å². The van der Waals surface area contributed by atoms with E-state index in [0.717, 1.165) is 65.3 Å². The number of hydrogen-bond acceptors (Lipinski definition) is 6. The third-order valence-electron chi connectivity index (χ3n) is 9.00. The van der Waals surface area contributed by atoms with Crippen LogP contribution in [0.4, 0.5) is 0 Å². The predicted octanol–water partition coefficient (Wildman–Crippen LogP) is 4.85. The number of benzene rings is 1. The quantitative estimate of drug-likeness (QED) is 0.240. The van der Waals surface area contributed by atoms with Crippen molar-refractivity contribution >= 4 is 40.9 Å². The first-order chi connectivity index (χ1) is 18.3. The van der Waals surface area contributed by atoms with Crippen molar-refractivity contribution in [2.45, 2.75) is 83.2 Å². The van der Waals surface area contributed by atoms with Gasteiger partial charge in [-0.1, -0.05) is 53.8 Å². The number of amides is 2. The fraction of sp³-hybridized carbons (Fsp3) is 0.586. The maximum absolute atomic E-state index is 13.7. The zero-order chi connectivity index (χ0) is 27.0. The SMILES string of the molecule is CC/C(=C\c1cc(Br)ccc1O)CC[C@H]1OB(O)C[C@H]2C1=C(CO)C[C@H]1C(=O)N(C3CCCCC3)C(=O)[C@H]12. The Balaban J connectivity index is 1.39. The Morgan fingerprint density at radius 2 is 1.95 bits per heavy atom.